The van der Waals surface area contributed by atoms with Gasteiger partial charge in [-0.2, -0.15) is 0 Å². The predicted octanol–water partition coefficient (Wildman–Crippen LogP) is 10.2. The van der Waals surface area contributed by atoms with E-state index in [2.05, 4.69) is 24.0 Å². The van der Waals surface area contributed by atoms with Gasteiger partial charge in [0.1, 0.15) is 31.0 Å². The van der Waals surface area contributed by atoms with E-state index in [1.54, 1.807) is 31.4 Å². The Morgan fingerprint density at radius 2 is 1.17 bits per heavy atom. The van der Waals surface area contributed by atoms with E-state index in [0.717, 1.165) is 36.0 Å². The highest BCUT2D eigenvalue weighted by molar-refractivity contribution is 5.89. The van der Waals surface area contributed by atoms with Gasteiger partial charge in [0.25, 0.3) is 0 Å². The molecule has 0 spiro atoms. The van der Waals surface area contributed by atoms with E-state index in [4.69, 9.17) is 23.7 Å². The number of methoxy groups -OCH3 is 1. The van der Waals surface area contributed by atoms with E-state index < -0.39 is 54.4 Å². The van der Waals surface area contributed by atoms with Gasteiger partial charge in [-0.15, -0.1) is 0 Å². The van der Waals surface area contributed by atoms with E-state index in [-0.39, 0.29) is 26.2 Å². The normalized spacial score (nSPS) is 21.2. The topological polar surface area (TPSA) is 127 Å². The molecule has 1 saturated heterocycles. The summed E-state index contributed by atoms with van der Waals surface area (Å²) in [5.74, 6) is -2.10. The van der Waals surface area contributed by atoms with Crippen molar-refractivity contribution in [1.29, 1.82) is 0 Å². The van der Waals surface area contributed by atoms with E-state index in [1.807, 2.05) is 92.0 Å². The number of likely N-dealkylation sites (N-methyl/N-ethyl adjacent to an activating group) is 1. The Morgan fingerprint density at radius 3 is 1.71 bits per heavy atom. The average molecular weight is 896 g/mol. The molecule has 3 N–H and O–H groups in total. The van der Waals surface area contributed by atoms with Crippen LogP contribution in [0.3, 0.4) is 0 Å². The number of hydrogen-bond acceptors (Lipinski definition) is 10. The molecule has 1 heterocycles. The van der Waals surface area contributed by atoms with E-state index in [9.17, 15) is 20.1 Å². The number of hydrogen-bond donors (Lipinski definition) is 3. The Hall–Kier alpha value is -3.97. The summed E-state index contributed by atoms with van der Waals surface area (Å²) in [4.78, 5) is 15.3. The van der Waals surface area contributed by atoms with Gasteiger partial charge in [0.15, 0.2) is 5.79 Å². The lowest BCUT2D eigenvalue weighted by atomic mass is 9.86. The third-order valence-corrected chi connectivity index (χ3v) is 12.9. The molecule has 5 rings (SSSR count). The molecule has 4 aromatic rings. The standard InChI is InChI=1S/C55H77NO9/c1-4-5-6-7-8-9-10-11-12-13-14-27-36-48(57)50(58)47(56(2)39-43-28-19-15-20-29-43)37-38-55(61-3)53(63-41-45-32-23-17-24-33-45)52(62-40-44-30-21-16-22-31-44)51(59)49(65-55)42-64-54(60)46-34-25-18-26-35-46/h15-26,28-35,47-53,57-59H,4-14,27,36-42H2,1-3H3/t47-,48+,49?,50-,51-,52?,53-,55-/m0/s1. The van der Waals surface area contributed by atoms with Crippen LogP contribution in [0.5, 0.6) is 0 Å². The summed E-state index contributed by atoms with van der Waals surface area (Å²) >= 11 is 0. The van der Waals surface area contributed by atoms with Crippen LogP contribution in [0.1, 0.15) is 130 Å². The number of aliphatic hydroxyl groups is 3. The molecule has 10 heteroatoms. The number of unbranched alkanes of at least 4 members (excludes halogenated alkanes) is 11. The number of benzene rings is 4. The molecular weight excluding hydrogens is 819 g/mol. The lowest BCUT2D eigenvalue weighted by Crippen LogP contribution is -2.67. The summed E-state index contributed by atoms with van der Waals surface area (Å²) < 4.78 is 32.4. The number of aliphatic hydroxyl groups excluding tert-OH is 3. The molecule has 0 radical (unpaired) electrons. The van der Waals surface area contributed by atoms with Crippen molar-refractivity contribution >= 4 is 5.97 Å². The molecular formula is C55H77NO9. The third kappa shape index (κ3) is 17.0. The molecule has 0 amide bonds. The first-order valence-electron chi connectivity index (χ1n) is 24.3. The first-order valence-corrected chi connectivity index (χ1v) is 24.3. The van der Waals surface area contributed by atoms with Crippen LogP contribution >= 0.6 is 0 Å². The van der Waals surface area contributed by atoms with Crippen molar-refractivity contribution in [2.45, 2.75) is 171 Å². The minimum absolute atomic E-state index is 0.163. The number of ether oxygens (including phenoxy) is 5. The largest absolute Gasteiger partial charge is 0.459 e. The van der Waals surface area contributed by atoms with Crippen LogP contribution in [0, 0.1) is 0 Å². The fourth-order valence-electron chi connectivity index (χ4n) is 9.00. The van der Waals surface area contributed by atoms with Gasteiger partial charge in [-0.1, -0.05) is 193 Å². The number of carbonyl (C=O) groups is 1. The van der Waals surface area contributed by atoms with E-state index in [0.29, 0.717) is 24.9 Å². The van der Waals surface area contributed by atoms with Crippen molar-refractivity contribution in [3.63, 3.8) is 0 Å². The first kappa shape index (κ1) is 52.0. The molecule has 4 aromatic carbocycles. The molecule has 356 valence electrons. The molecule has 0 aromatic heterocycles. The Labute approximate surface area is 389 Å². The molecule has 0 saturated carbocycles. The Morgan fingerprint density at radius 1 is 0.677 bits per heavy atom. The van der Waals surface area contributed by atoms with Crippen LogP contribution < -0.4 is 0 Å². The summed E-state index contributed by atoms with van der Waals surface area (Å²) in [6, 6.07) is 37.6. The monoisotopic (exact) mass is 896 g/mol. The van der Waals surface area contributed by atoms with Crippen molar-refractivity contribution in [3.8, 4) is 0 Å². The van der Waals surface area contributed by atoms with E-state index in [1.165, 1.54) is 57.8 Å². The summed E-state index contributed by atoms with van der Waals surface area (Å²) in [6.45, 7) is 2.83. The zero-order valence-electron chi connectivity index (χ0n) is 39.3. The zero-order valence-corrected chi connectivity index (χ0v) is 39.3. The number of esters is 1. The quantitative estimate of drug-likeness (QED) is 0.0332. The number of carbonyl (C=O) groups excluding carboxylic acids is 1. The molecule has 2 unspecified atom stereocenters. The number of rotatable bonds is 31. The molecule has 1 fully saturated rings. The van der Waals surface area contributed by atoms with Gasteiger partial charge in [-0.05, 0) is 48.7 Å². The Balaban J connectivity index is 1.35. The van der Waals surface area contributed by atoms with Crippen LogP contribution in [-0.4, -0.2) is 95.4 Å². The smallest absolute Gasteiger partial charge is 0.338 e. The molecule has 1 aliphatic heterocycles. The van der Waals surface area contributed by atoms with Gasteiger partial charge < -0.3 is 39.0 Å². The minimum atomic E-state index is -1.55. The molecule has 65 heavy (non-hydrogen) atoms. The van der Waals surface area contributed by atoms with Crippen LogP contribution in [0.2, 0.25) is 0 Å². The van der Waals surface area contributed by atoms with Crippen LogP contribution in [-0.2, 0) is 43.4 Å². The second-order valence-electron chi connectivity index (χ2n) is 17.8. The second-order valence-corrected chi connectivity index (χ2v) is 17.8. The van der Waals surface area contributed by atoms with Gasteiger partial charge in [0.2, 0.25) is 0 Å². The Kier molecular flexibility index (Phi) is 23.1. The van der Waals surface area contributed by atoms with Gasteiger partial charge in [0.05, 0.1) is 31.0 Å². The molecule has 0 bridgehead atoms. The van der Waals surface area contributed by atoms with Gasteiger partial charge in [-0.3, -0.25) is 4.90 Å². The van der Waals surface area contributed by atoms with Crippen molar-refractivity contribution in [2.24, 2.45) is 0 Å². The van der Waals surface area contributed by atoms with Crippen LogP contribution in [0.15, 0.2) is 121 Å². The minimum Gasteiger partial charge on any atom is -0.459 e. The maximum absolute atomic E-state index is 13.2. The maximum atomic E-state index is 13.2. The fraction of sp³-hybridized carbons (Fsp3) is 0.545. The summed E-state index contributed by atoms with van der Waals surface area (Å²) in [5, 5.41) is 35.9. The van der Waals surface area contributed by atoms with Crippen molar-refractivity contribution < 1.29 is 43.8 Å². The van der Waals surface area contributed by atoms with Crippen molar-refractivity contribution in [3.05, 3.63) is 144 Å². The predicted molar refractivity (Wildman–Crippen MR) is 256 cm³/mol. The second kappa shape index (κ2) is 28.9. The molecule has 1 aliphatic rings. The SMILES string of the molecule is CCCCCCCCCCCCCC[C@@H](O)[C@@H](O)[C@H](CC[C@]1(OC)OC(COC(=O)c2ccccc2)[C@H](O)C(OCc2ccccc2)[C@@H]1OCc1ccccc1)N(C)Cc1ccccc1. The zero-order chi connectivity index (χ0) is 46.1. The fourth-order valence-corrected chi connectivity index (χ4v) is 9.00. The summed E-state index contributed by atoms with van der Waals surface area (Å²) in [6.07, 6.45) is 9.25. The summed E-state index contributed by atoms with van der Waals surface area (Å²) in [5.41, 5.74) is 3.25. The van der Waals surface area contributed by atoms with Gasteiger partial charge in [0, 0.05) is 26.1 Å². The Bertz CT molecular complexity index is 1840. The van der Waals surface area contributed by atoms with Crippen molar-refractivity contribution in [1.82, 2.24) is 4.90 Å². The lowest BCUT2D eigenvalue weighted by molar-refractivity contribution is -0.374. The highest BCUT2D eigenvalue weighted by atomic mass is 16.7. The average Bonchev–Trinajstić information content (AvgIpc) is 3.34. The first-order chi connectivity index (χ1) is 31.7. The lowest BCUT2D eigenvalue weighted by Gasteiger charge is -2.51. The van der Waals surface area contributed by atoms with E-state index >= 15 is 0 Å². The molecule has 0 aliphatic carbocycles. The van der Waals surface area contributed by atoms with Crippen LogP contribution in [0.25, 0.3) is 0 Å². The highest BCUT2D eigenvalue weighted by Gasteiger charge is 2.57. The van der Waals surface area contributed by atoms with Crippen molar-refractivity contribution in [2.75, 3.05) is 20.8 Å². The number of nitrogens with zero attached hydrogens (tertiary/aromatic N) is 1. The van der Waals surface area contributed by atoms with Crippen LogP contribution in [0.4, 0.5) is 0 Å². The summed E-state index contributed by atoms with van der Waals surface area (Å²) in [7, 11) is 3.50. The third-order valence-electron chi connectivity index (χ3n) is 12.9. The van der Waals surface area contributed by atoms with Gasteiger partial charge >= 0.3 is 5.97 Å². The highest BCUT2D eigenvalue weighted by Crippen LogP contribution is 2.40. The maximum Gasteiger partial charge on any atom is 0.338 e. The molecule has 10 nitrogen and oxygen atoms in total. The molecule has 8 atom stereocenters. The van der Waals surface area contributed by atoms with Gasteiger partial charge in [-0.25, -0.2) is 4.79 Å².